The molecule has 21 heavy (non-hydrogen) atoms. The fourth-order valence-electron chi connectivity index (χ4n) is 2.07. The molecule has 0 unspecified atom stereocenters. The second kappa shape index (κ2) is 5.90. The predicted octanol–water partition coefficient (Wildman–Crippen LogP) is 3.79. The first-order chi connectivity index (χ1) is 9.73. The fourth-order valence-corrected chi connectivity index (χ4v) is 2.07. The van der Waals surface area contributed by atoms with Gasteiger partial charge in [0, 0.05) is 23.3 Å². The van der Waals surface area contributed by atoms with Crippen molar-refractivity contribution >= 4 is 0 Å². The zero-order valence-corrected chi connectivity index (χ0v) is 13.3. The molecule has 1 heterocycles. The van der Waals surface area contributed by atoms with Crippen molar-refractivity contribution in [3.8, 4) is 11.4 Å². The molecule has 1 N–H and O–H groups in total. The Balaban J connectivity index is 2.34. The second-order valence-corrected chi connectivity index (χ2v) is 6.45. The number of halogens is 1. The van der Waals surface area contributed by atoms with Crippen LogP contribution in [0.25, 0.3) is 11.4 Å². The predicted molar refractivity (Wildman–Crippen MR) is 83.5 cm³/mol. The molecule has 4 heteroatoms. The second-order valence-electron chi connectivity index (χ2n) is 6.45. The van der Waals surface area contributed by atoms with Crippen molar-refractivity contribution in [3.63, 3.8) is 0 Å². The van der Waals surface area contributed by atoms with Gasteiger partial charge in [0.25, 0.3) is 0 Å². The molecule has 0 aliphatic rings. The number of hydrogen-bond donors (Lipinski definition) is 1. The molecular weight excluding hydrogens is 265 g/mol. The SMILES string of the molecule is Cc1cc(F)cc(-c2nc(C)cc(CNC(C)(C)C)n2)c1. The monoisotopic (exact) mass is 287 g/mol. The summed E-state index contributed by atoms with van der Waals surface area (Å²) >= 11 is 0. The highest BCUT2D eigenvalue weighted by molar-refractivity contribution is 5.56. The minimum absolute atomic E-state index is 0.0223. The first-order valence-electron chi connectivity index (χ1n) is 7.10. The molecule has 0 atom stereocenters. The van der Waals surface area contributed by atoms with E-state index in [2.05, 4.69) is 36.1 Å². The standard InChI is InChI=1S/C17H22FN3/c1-11-6-13(9-14(18)7-11)16-20-12(2)8-15(21-16)10-19-17(3,4)5/h6-9,19H,10H2,1-5H3. The molecule has 3 nitrogen and oxygen atoms in total. The maximum atomic E-state index is 13.6. The Morgan fingerprint density at radius 3 is 2.38 bits per heavy atom. The molecule has 2 aromatic rings. The first-order valence-corrected chi connectivity index (χ1v) is 7.10. The number of hydrogen-bond acceptors (Lipinski definition) is 3. The lowest BCUT2D eigenvalue weighted by atomic mass is 10.1. The van der Waals surface area contributed by atoms with Crippen LogP contribution >= 0.6 is 0 Å². The smallest absolute Gasteiger partial charge is 0.159 e. The van der Waals surface area contributed by atoms with E-state index < -0.39 is 0 Å². The highest BCUT2D eigenvalue weighted by Crippen LogP contribution is 2.19. The maximum Gasteiger partial charge on any atom is 0.159 e. The number of aryl methyl sites for hydroxylation is 2. The van der Waals surface area contributed by atoms with Gasteiger partial charge in [-0.2, -0.15) is 0 Å². The topological polar surface area (TPSA) is 37.8 Å². The molecule has 0 spiro atoms. The molecule has 0 saturated heterocycles. The van der Waals surface area contributed by atoms with Crippen LogP contribution in [-0.2, 0) is 6.54 Å². The molecule has 112 valence electrons. The Labute approximate surface area is 125 Å². The normalized spacial score (nSPS) is 11.7. The van der Waals surface area contributed by atoms with E-state index in [1.165, 1.54) is 12.1 Å². The fraction of sp³-hybridized carbons (Fsp3) is 0.412. The maximum absolute atomic E-state index is 13.6. The third-order valence-electron chi connectivity index (χ3n) is 3.01. The first kappa shape index (κ1) is 15.6. The van der Waals surface area contributed by atoms with Crippen molar-refractivity contribution in [2.24, 2.45) is 0 Å². The lowest BCUT2D eigenvalue weighted by molar-refractivity contribution is 0.421. The summed E-state index contributed by atoms with van der Waals surface area (Å²) in [5, 5.41) is 3.40. The van der Waals surface area contributed by atoms with Gasteiger partial charge in [-0.25, -0.2) is 14.4 Å². The average Bonchev–Trinajstić information content (AvgIpc) is 2.34. The molecule has 2 rings (SSSR count). The summed E-state index contributed by atoms with van der Waals surface area (Å²) in [6.07, 6.45) is 0. The highest BCUT2D eigenvalue weighted by atomic mass is 19.1. The van der Waals surface area contributed by atoms with Crippen molar-refractivity contribution in [1.82, 2.24) is 15.3 Å². The van der Waals surface area contributed by atoms with E-state index in [9.17, 15) is 4.39 Å². The van der Waals surface area contributed by atoms with Crippen LogP contribution in [0.3, 0.4) is 0 Å². The summed E-state index contributed by atoms with van der Waals surface area (Å²) in [6, 6.07) is 6.83. The Kier molecular flexibility index (Phi) is 4.37. The van der Waals surface area contributed by atoms with E-state index in [1.807, 2.05) is 26.0 Å². The molecule has 0 amide bonds. The van der Waals surface area contributed by atoms with Gasteiger partial charge in [0.15, 0.2) is 5.82 Å². The van der Waals surface area contributed by atoms with Gasteiger partial charge in [0.05, 0.1) is 5.69 Å². The number of nitrogens with one attached hydrogen (secondary N) is 1. The van der Waals surface area contributed by atoms with E-state index in [4.69, 9.17) is 0 Å². The molecular formula is C17H22FN3. The van der Waals surface area contributed by atoms with Gasteiger partial charge >= 0.3 is 0 Å². The summed E-state index contributed by atoms with van der Waals surface area (Å²) in [5.41, 5.74) is 3.40. The zero-order valence-electron chi connectivity index (χ0n) is 13.3. The number of benzene rings is 1. The lowest BCUT2D eigenvalue weighted by Crippen LogP contribution is -2.35. The molecule has 0 saturated carbocycles. The van der Waals surface area contributed by atoms with Gasteiger partial charge in [-0.05, 0) is 64.4 Å². The Morgan fingerprint density at radius 1 is 1.05 bits per heavy atom. The van der Waals surface area contributed by atoms with Crippen molar-refractivity contribution in [2.45, 2.75) is 46.7 Å². The quantitative estimate of drug-likeness (QED) is 0.933. The molecule has 0 aliphatic heterocycles. The third kappa shape index (κ3) is 4.60. The largest absolute Gasteiger partial charge is 0.306 e. The number of nitrogens with zero attached hydrogens (tertiary/aromatic N) is 2. The number of aromatic nitrogens is 2. The van der Waals surface area contributed by atoms with Gasteiger partial charge in [-0.1, -0.05) is 0 Å². The Hall–Kier alpha value is -1.81. The van der Waals surface area contributed by atoms with Crippen LogP contribution in [0.5, 0.6) is 0 Å². The molecule has 0 fully saturated rings. The van der Waals surface area contributed by atoms with Crippen LogP contribution in [0.15, 0.2) is 24.3 Å². The van der Waals surface area contributed by atoms with E-state index in [0.717, 1.165) is 17.0 Å². The van der Waals surface area contributed by atoms with E-state index >= 15 is 0 Å². The Morgan fingerprint density at radius 2 is 1.76 bits per heavy atom. The van der Waals surface area contributed by atoms with Gasteiger partial charge in [0.1, 0.15) is 5.82 Å². The van der Waals surface area contributed by atoms with Crippen LogP contribution in [0.2, 0.25) is 0 Å². The Bertz CT molecular complexity index is 625. The summed E-state index contributed by atoms with van der Waals surface area (Å²) < 4.78 is 13.6. The van der Waals surface area contributed by atoms with Crippen molar-refractivity contribution in [2.75, 3.05) is 0 Å². The van der Waals surface area contributed by atoms with Crippen LogP contribution < -0.4 is 5.32 Å². The van der Waals surface area contributed by atoms with Gasteiger partial charge in [0.2, 0.25) is 0 Å². The molecule has 1 aromatic carbocycles. The average molecular weight is 287 g/mol. The van der Waals surface area contributed by atoms with Crippen molar-refractivity contribution in [3.05, 3.63) is 47.0 Å². The van der Waals surface area contributed by atoms with Crippen LogP contribution in [-0.4, -0.2) is 15.5 Å². The van der Waals surface area contributed by atoms with Gasteiger partial charge in [-0.15, -0.1) is 0 Å². The highest BCUT2D eigenvalue weighted by Gasteiger charge is 2.11. The number of rotatable bonds is 3. The van der Waals surface area contributed by atoms with Gasteiger partial charge < -0.3 is 5.32 Å². The summed E-state index contributed by atoms with van der Waals surface area (Å²) in [7, 11) is 0. The van der Waals surface area contributed by atoms with Crippen LogP contribution in [0.4, 0.5) is 4.39 Å². The van der Waals surface area contributed by atoms with E-state index in [-0.39, 0.29) is 11.4 Å². The van der Waals surface area contributed by atoms with E-state index in [0.29, 0.717) is 17.9 Å². The molecule has 0 radical (unpaired) electrons. The molecule has 0 bridgehead atoms. The van der Waals surface area contributed by atoms with Crippen LogP contribution in [0, 0.1) is 19.7 Å². The minimum Gasteiger partial charge on any atom is -0.306 e. The lowest BCUT2D eigenvalue weighted by Gasteiger charge is -2.20. The minimum atomic E-state index is -0.260. The third-order valence-corrected chi connectivity index (χ3v) is 3.01. The zero-order chi connectivity index (χ0) is 15.6. The van der Waals surface area contributed by atoms with Crippen LogP contribution in [0.1, 0.15) is 37.7 Å². The van der Waals surface area contributed by atoms with Crippen molar-refractivity contribution < 1.29 is 4.39 Å². The molecule has 1 aromatic heterocycles. The van der Waals surface area contributed by atoms with Crippen molar-refractivity contribution in [1.29, 1.82) is 0 Å². The summed E-state index contributed by atoms with van der Waals surface area (Å²) in [6.45, 7) is 10.8. The van der Waals surface area contributed by atoms with E-state index in [1.54, 1.807) is 0 Å². The summed E-state index contributed by atoms with van der Waals surface area (Å²) in [5.74, 6) is 0.313. The summed E-state index contributed by atoms with van der Waals surface area (Å²) in [4.78, 5) is 8.97. The van der Waals surface area contributed by atoms with Gasteiger partial charge in [-0.3, -0.25) is 0 Å². The molecule has 0 aliphatic carbocycles.